The topological polar surface area (TPSA) is 32.3 Å². The Bertz CT molecular complexity index is 388. The molecule has 0 aromatic heterocycles. The van der Waals surface area contributed by atoms with Crippen molar-refractivity contribution < 1.29 is 5.11 Å². The molecular formula is C16H23NO. The molecule has 1 aromatic carbocycles. The quantitative estimate of drug-likeness (QED) is 0.853. The highest BCUT2D eigenvalue weighted by molar-refractivity contribution is 5.34. The minimum absolute atomic E-state index is 0.118. The van der Waals surface area contributed by atoms with E-state index in [9.17, 15) is 5.11 Å². The first-order valence-corrected chi connectivity index (χ1v) is 7.23. The lowest BCUT2D eigenvalue weighted by atomic mass is 9.89. The second-order valence-corrected chi connectivity index (χ2v) is 6.03. The van der Waals surface area contributed by atoms with Crippen molar-refractivity contribution >= 4 is 0 Å². The largest absolute Gasteiger partial charge is 0.395 e. The molecule has 1 saturated carbocycles. The van der Waals surface area contributed by atoms with Gasteiger partial charge in [-0.1, -0.05) is 24.3 Å². The number of hydrogen-bond donors (Lipinski definition) is 2. The molecule has 2 aliphatic rings. The number of aliphatic hydroxyl groups excluding tert-OH is 1. The smallest absolute Gasteiger partial charge is 0.0527 e. The van der Waals surface area contributed by atoms with Gasteiger partial charge in [-0.2, -0.15) is 0 Å². The molecule has 1 aliphatic heterocycles. The van der Waals surface area contributed by atoms with Crippen molar-refractivity contribution in [2.75, 3.05) is 19.7 Å². The molecule has 0 unspecified atom stereocenters. The number of piperidine rings is 1. The standard InChI is InChI=1S/C16H23NO/c18-12-16(7-8-16)15-3-1-13(2-4-15)11-14-5-9-17-10-6-14/h1-4,14,17-18H,5-12H2. The molecule has 3 rings (SSSR count). The van der Waals surface area contributed by atoms with Gasteiger partial charge in [0.2, 0.25) is 0 Å². The molecule has 0 atom stereocenters. The van der Waals surface area contributed by atoms with Crippen LogP contribution in [0.5, 0.6) is 0 Å². The molecule has 2 fully saturated rings. The molecular weight excluding hydrogens is 222 g/mol. The van der Waals surface area contributed by atoms with E-state index in [0.29, 0.717) is 6.61 Å². The first kappa shape index (κ1) is 12.2. The second-order valence-electron chi connectivity index (χ2n) is 6.03. The summed E-state index contributed by atoms with van der Waals surface area (Å²) >= 11 is 0. The van der Waals surface area contributed by atoms with E-state index in [4.69, 9.17) is 0 Å². The maximum absolute atomic E-state index is 9.43. The van der Waals surface area contributed by atoms with Crippen LogP contribution in [0.15, 0.2) is 24.3 Å². The van der Waals surface area contributed by atoms with Gasteiger partial charge in [0, 0.05) is 5.41 Å². The van der Waals surface area contributed by atoms with Gasteiger partial charge in [-0.15, -0.1) is 0 Å². The Morgan fingerprint density at radius 2 is 1.78 bits per heavy atom. The molecule has 1 aromatic rings. The number of benzene rings is 1. The van der Waals surface area contributed by atoms with Crippen molar-refractivity contribution in [1.82, 2.24) is 5.32 Å². The van der Waals surface area contributed by atoms with Crippen LogP contribution in [0.25, 0.3) is 0 Å². The van der Waals surface area contributed by atoms with Crippen molar-refractivity contribution in [3.05, 3.63) is 35.4 Å². The zero-order valence-electron chi connectivity index (χ0n) is 11.0. The number of hydrogen-bond acceptors (Lipinski definition) is 2. The van der Waals surface area contributed by atoms with Crippen molar-refractivity contribution in [3.63, 3.8) is 0 Å². The fourth-order valence-corrected chi connectivity index (χ4v) is 3.10. The van der Waals surface area contributed by atoms with Crippen LogP contribution in [0.2, 0.25) is 0 Å². The molecule has 0 radical (unpaired) electrons. The molecule has 1 heterocycles. The van der Waals surface area contributed by atoms with Crippen LogP contribution in [-0.4, -0.2) is 24.8 Å². The van der Waals surface area contributed by atoms with Crippen LogP contribution in [0.1, 0.15) is 36.8 Å². The summed E-state index contributed by atoms with van der Waals surface area (Å²) in [6, 6.07) is 9.01. The third-order valence-corrected chi connectivity index (χ3v) is 4.71. The summed E-state index contributed by atoms with van der Waals surface area (Å²) in [5.74, 6) is 0.852. The van der Waals surface area contributed by atoms with Gasteiger partial charge >= 0.3 is 0 Å². The summed E-state index contributed by atoms with van der Waals surface area (Å²) in [6.07, 6.45) is 6.13. The van der Waals surface area contributed by atoms with Gasteiger partial charge < -0.3 is 10.4 Å². The van der Waals surface area contributed by atoms with Crippen LogP contribution >= 0.6 is 0 Å². The number of nitrogens with one attached hydrogen (secondary N) is 1. The van der Waals surface area contributed by atoms with Crippen LogP contribution in [0.3, 0.4) is 0 Å². The lowest BCUT2D eigenvalue weighted by Gasteiger charge is -2.22. The Hall–Kier alpha value is -0.860. The normalized spacial score (nSPS) is 22.9. The zero-order valence-corrected chi connectivity index (χ0v) is 11.0. The Balaban J connectivity index is 1.64. The Labute approximate surface area is 109 Å². The Morgan fingerprint density at radius 3 is 2.33 bits per heavy atom. The van der Waals surface area contributed by atoms with E-state index in [0.717, 1.165) is 18.8 Å². The van der Waals surface area contributed by atoms with Gasteiger partial charge in [0.15, 0.2) is 0 Å². The fraction of sp³-hybridized carbons (Fsp3) is 0.625. The Morgan fingerprint density at radius 1 is 1.11 bits per heavy atom. The minimum Gasteiger partial charge on any atom is -0.395 e. The highest BCUT2D eigenvalue weighted by Gasteiger charge is 2.43. The molecule has 98 valence electrons. The average molecular weight is 245 g/mol. The highest BCUT2D eigenvalue weighted by Crippen LogP contribution is 2.47. The fourth-order valence-electron chi connectivity index (χ4n) is 3.10. The van der Waals surface area contributed by atoms with Crippen molar-refractivity contribution in [1.29, 1.82) is 0 Å². The van der Waals surface area contributed by atoms with Crippen LogP contribution in [-0.2, 0) is 11.8 Å². The molecule has 2 nitrogen and oxygen atoms in total. The summed E-state index contributed by atoms with van der Waals surface area (Å²) in [6.45, 7) is 2.66. The van der Waals surface area contributed by atoms with E-state index in [2.05, 4.69) is 29.6 Å². The van der Waals surface area contributed by atoms with Crippen molar-refractivity contribution in [2.24, 2.45) is 5.92 Å². The SMILES string of the molecule is OCC1(c2ccc(CC3CCNCC3)cc2)CC1. The van der Waals surface area contributed by atoms with E-state index in [1.807, 2.05) is 0 Å². The molecule has 0 bridgehead atoms. The summed E-state index contributed by atoms with van der Waals surface area (Å²) in [5.41, 5.74) is 2.91. The first-order valence-electron chi connectivity index (χ1n) is 7.23. The van der Waals surface area contributed by atoms with Gasteiger partial charge in [-0.05, 0) is 62.2 Å². The highest BCUT2D eigenvalue weighted by atomic mass is 16.3. The van der Waals surface area contributed by atoms with Crippen LogP contribution in [0, 0.1) is 5.92 Å². The predicted octanol–water partition coefficient (Wildman–Crippen LogP) is 2.25. The van der Waals surface area contributed by atoms with Crippen LogP contribution in [0.4, 0.5) is 0 Å². The molecule has 2 heteroatoms. The van der Waals surface area contributed by atoms with Crippen molar-refractivity contribution in [2.45, 2.75) is 37.5 Å². The van der Waals surface area contributed by atoms with Crippen LogP contribution < -0.4 is 5.32 Å². The molecule has 2 N–H and O–H groups in total. The summed E-state index contributed by atoms with van der Waals surface area (Å²) < 4.78 is 0. The number of rotatable bonds is 4. The third kappa shape index (κ3) is 2.45. The minimum atomic E-state index is 0.118. The Kier molecular flexibility index (Phi) is 3.40. The molecule has 18 heavy (non-hydrogen) atoms. The average Bonchev–Trinajstić information content (AvgIpc) is 3.22. The predicted molar refractivity (Wildman–Crippen MR) is 73.7 cm³/mol. The lowest BCUT2D eigenvalue weighted by Crippen LogP contribution is -2.28. The summed E-state index contributed by atoms with van der Waals surface area (Å²) in [5, 5.41) is 12.9. The van der Waals surface area contributed by atoms with Gasteiger partial charge in [0.1, 0.15) is 0 Å². The van der Waals surface area contributed by atoms with Gasteiger partial charge in [0.25, 0.3) is 0 Å². The molecule has 1 saturated heterocycles. The van der Waals surface area contributed by atoms with Crippen molar-refractivity contribution in [3.8, 4) is 0 Å². The second kappa shape index (κ2) is 5.02. The maximum Gasteiger partial charge on any atom is 0.0527 e. The van der Waals surface area contributed by atoms with Gasteiger partial charge in [-0.25, -0.2) is 0 Å². The molecule has 1 aliphatic carbocycles. The monoisotopic (exact) mass is 245 g/mol. The maximum atomic E-state index is 9.43. The van der Waals surface area contributed by atoms with E-state index >= 15 is 0 Å². The van der Waals surface area contributed by atoms with Gasteiger partial charge in [-0.3, -0.25) is 0 Å². The first-order chi connectivity index (χ1) is 8.82. The summed E-state index contributed by atoms with van der Waals surface area (Å²) in [4.78, 5) is 0. The van der Waals surface area contributed by atoms with Gasteiger partial charge in [0.05, 0.1) is 6.61 Å². The molecule has 0 spiro atoms. The number of aliphatic hydroxyl groups is 1. The van der Waals surface area contributed by atoms with E-state index in [1.165, 1.54) is 43.5 Å². The van der Waals surface area contributed by atoms with E-state index in [-0.39, 0.29) is 5.41 Å². The third-order valence-electron chi connectivity index (χ3n) is 4.71. The summed E-state index contributed by atoms with van der Waals surface area (Å²) in [7, 11) is 0. The zero-order chi connectivity index (χ0) is 12.4. The van der Waals surface area contributed by atoms with E-state index in [1.54, 1.807) is 0 Å². The van der Waals surface area contributed by atoms with E-state index < -0.39 is 0 Å². The lowest BCUT2D eigenvalue weighted by molar-refractivity contribution is 0.255. The molecule has 0 amide bonds.